The molecule has 0 heterocycles. The van der Waals surface area contributed by atoms with E-state index in [1.807, 2.05) is 6.92 Å². The van der Waals surface area contributed by atoms with Crippen LogP contribution in [0, 0.1) is 5.92 Å². The molecule has 18 heavy (non-hydrogen) atoms. The van der Waals surface area contributed by atoms with Gasteiger partial charge in [0.2, 0.25) is 5.91 Å². The lowest BCUT2D eigenvalue weighted by Crippen LogP contribution is -2.35. The van der Waals surface area contributed by atoms with Crippen molar-refractivity contribution < 1.29 is 14.7 Å². The van der Waals surface area contributed by atoms with Gasteiger partial charge in [-0.2, -0.15) is 0 Å². The first-order valence-corrected chi connectivity index (χ1v) is 6.17. The molecule has 1 amide bonds. The van der Waals surface area contributed by atoms with Gasteiger partial charge < -0.3 is 10.4 Å². The van der Waals surface area contributed by atoms with E-state index >= 15 is 0 Å². The minimum Gasteiger partial charge on any atom is -0.481 e. The first kappa shape index (κ1) is 16.6. The van der Waals surface area contributed by atoms with Gasteiger partial charge in [-0.3, -0.25) is 14.5 Å². The number of hydrogen-bond donors (Lipinski definition) is 2. The van der Waals surface area contributed by atoms with Crippen molar-refractivity contribution in [3.05, 3.63) is 12.2 Å². The first-order chi connectivity index (χ1) is 8.32. The highest BCUT2D eigenvalue weighted by molar-refractivity contribution is 5.72. The SMILES string of the molecule is C=C(C)CN(CCCNC(C)=O)CC(C)C(=O)O. The maximum absolute atomic E-state index is 10.8. The minimum atomic E-state index is -0.788. The van der Waals surface area contributed by atoms with E-state index in [1.165, 1.54) is 6.92 Å². The number of hydrogen-bond acceptors (Lipinski definition) is 3. The Bertz CT molecular complexity index is 303. The topological polar surface area (TPSA) is 69.6 Å². The van der Waals surface area contributed by atoms with Crippen LogP contribution < -0.4 is 5.32 Å². The molecular weight excluding hydrogens is 232 g/mol. The van der Waals surface area contributed by atoms with E-state index in [-0.39, 0.29) is 5.91 Å². The number of nitrogens with one attached hydrogen (secondary N) is 1. The van der Waals surface area contributed by atoms with Crippen molar-refractivity contribution in [1.29, 1.82) is 0 Å². The third-order valence-electron chi connectivity index (χ3n) is 2.47. The second kappa shape index (κ2) is 8.69. The van der Waals surface area contributed by atoms with E-state index in [4.69, 9.17) is 5.11 Å². The Labute approximate surface area is 109 Å². The summed E-state index contributed by atoms with van der Waals surface area (Å²) in [6.45, 7) is 11.5. The van der Waals surface area contributed by atoms with Crippen LogP contribution in [-0.2, 0) is 9.59 Å². The number of carbonyl (C=O) groups excluding carboxylic acids is 1. The van der Waals surface area contributed by atoms with E-state index in [0.717, 1.165) is 18.5 Å². The normalized spacial score (nSPS) is 12.2. The third kappa shape index (κ3) is 8.75. The Morgan fingerprint density at radius 1 is 1.39 bits per heavy atom. The van der Waals surface area contributed by atoms with Crippen LogP contribution in [0.4, 0.5) is 0 Å². The van der Waals surface area contributed by atoms with E-state index < -0.39 is 11.9 Å². The van der Waals surface area contributed by atoms with Crippen molar-refractivity contribution in [3.63, 3.8) is 0 Å². The van der Waals surface area contributed by atoms with E-state index in [9.17, 15) is 9.59 Å². The fourth-order valence-electron chi connectivity index (χ4n) is 1.65. The lowest BCUT2D eigenvalue weighted by molar-refractivity contribution is -0.141. The smallest absolute Gasteiger partial charge is 0.307 e. The molecule has 2 N–H and O–H groups in total. The van der Waals surface area contributed by atoms with Gasteiger partial charge in [0, 0.05) is 33.1 Å². The molecule has 0 rings (SSSR count). The number of amides is 1. The fraction of sp³-hybridized carbons (Fsp3) is 0.692. The standard InChI is InChI=1S/C13H24N2O3/c1-10(2)8-15(9-11(3)13(17)18)7-5-6-14-12(4)16/h11H,1,5-9H2,2-4H3,(H,14,16)(H,17,18). The summed E-state index contributed by atoms with van der Waals surface area (Å²) in [7, 11) is 0. The van der Waals surface area contributed by atoms with E-state index in [0.29, 0.717) is 19.6 Å². The van der Waals surface area contributed by atoms with Crippen LogP contribution in [0.2, 0.25) is 0 Å². The Morgan fingerprint density at radius 3 is 2.44 bits per heavy atom. The number of carboxylic acid groups (broad SMARTS) is 1. The highest BCUT2D eigenvalue weighted by atomic mass is 16.4. The van der Waals surface area contributed by atoms with Crippen LogP contribution in [0.5, 0.6) is 0 Å². The molecule has 0 spiro atoms. The molecule has 0 aromatic heterocycles. The molecule has 0 aliphatic heterocycles. The average molecular weight is 256 g/mol. The molecule has 0 aliphatic carbocycles. The van der Waals surface area contributed by atoms with Crippen LogP contribution >= 0.6 is 0 Å². The van der Waals surface area contributed by atoms with Crippen molar-refractivity contribution in [2.24, 2.45) is 5.92 Å². The predicted molar refractivity (Wildman–Crippen MR) is 71.4 cm³/mol. The first-order valence-electron chi connectivity index (χ1n) is 6.17. The lowest BCUT2D eigenvalue weighted by Gasteiger charge is -2.24. The minimum absolute atomic E-state index is 0.0413. The monoisotopic (exact) mass is 256 g/mol. The Hall–Kier alpha value is -1.36. The molecule has 0 aromatic carbocycles. The highest BCUT2D eigenvalue weighted by Crippen LogP contribution is 2.04. The summed E-state index contributed by atoms with van der Waals surface area (Å²) in [6.07, 6.45) is 0.805. The van der Waals surface area contributed by atoms with Gasteiger partial charge >= 0.3 is 5.97 Å². The van der Waals surface area contributed by atoms with Gasteiger partial charge in [-0.25, -0.2) is 0 Å². The number of carbonyl (C=O) groups is 2. The summed E-state index contributed by atoms with van der Waals surface area (Å²) in [6, 6.07) is 0. The fourth-order valence-corrected chi connectivity index (χ4v) is 1.65. The molecule has 1 atom stereocenters. The molecule has 1 unspecified atom stereocenters. The van der Waals surface area contributed by atoms with Crippen molar-refractivity contribution >= 4 is 11.9 Å². The van der Waals surface area contributed by atoms with Crippen LogP contribution in [0.1, 0.15) is 27.2 Å². The van der Waals surface area contributed by atoms with Gasteiger partial charge in [0.05, 0.1) is 5.92 Å². The van der Waals surface area contributed by atoms with E-state index in [1.54, 1.807) is 6.92 Å². The summed E-state index contributed by atoms with van der Waals surface area (Å²) in [5.41, 5.74) is 1.01. The van der Waals surface area contributed by atoms with E-state index in [2.05, 4.69) is 16.8 Å². The molecular formula is C13H24N2O3. The predicted octanol–water partition coefficient (Wildman–Crippen LogP) is 1.11. The largest absolute Gasteiger partial charge is 0.481 e. The Kier molecular flexibility index (Phi) is 8.03. The quantitative estimate of drug-likeness (QED) is 0.479. The van der Waals surface area contributed by atoms with Crippen LogP contribution in [0.25, 0.3) is 0 Å². The molecule has 0 saturated carbocycles. The number of rotatable bonds is 9. The van der Waals surface area contributed by atoms with Gasteiger partial charge in [0.25, 0.3) is 0 Å². The summed E-state index contributed by atoms with van der Waals surface area (Å²) in [5.74, 6) is -1.23. The molecule has 0 bridgehead atoms. The molecule has 0 fully saturated rings. The highest BCUT2D eigenvalue weighted by Gasteiger charge is 2.15. The number of nitrogens with zero attached hydrogens (tertiary/aromatic N) is 1. The second-order valence-electron chi connectivity index (χ2n) is 4.77. The van der Waals surface area contributed by atoms with Gasteiger partial charge in [0.15, 0.2) is 0 Å². The number of aliphatic carboxylic acids is 1. The summed E-state index contributed by atoms with van der Waals surface area (Å²) < 4.78 is 0. The molecule has 5 heteroatoms. The summed E-state index contributed by atoms with van der Waals surface area (Å²) >= 11 is 0. The summed E-state index contributed by atoms with van der Waals surface area (Å²) in [4.78, 5) is 23.6. The zero-order valence-electron chi connectivity index (χ0n) is 11.5. The molecule has 0 aliphatic rings. The van der Waals surface area contributed by atoms with Crippen LogP contribution in [0.15, 0.2) is 12.2 Å². The molecule has 0 aromatic rings. The molecule has 0 saturated heterocycles. The van der Waals surface area contributed by atoms with Gasteiger partial charge in [-0.1, -0.05) is 19.1 Å². The van der Waals surface area contributed by atoms with Crippen molar-refractivity contribution in [1.82, 2.24) is 10.2 Å². The van der Waals surface area contributed by atoms with Crippen LogP contribution in [0.3, 0.4) is 0 Å². The van der Waals surface area contributed by atoms with Crippen molar-refractivity contribution in [3.8, 4) is 0 Å². The number of carboxylic acids is 1. The van der Waals surface area contributed by atoms with Crippen molar-refractivity contribution in [2.75, 3.05) is 26.2 Å². The Balaban J connectivity index is 4.10. The second-order valence-corrected chi connectivity index (χ2v) is 4.77. The van der Waals surface area contributed by atoms with Crippen molar-refractivity contribution in [2.45, 2.75) is 27.2 Å². The third-order valence-corrected chi connectivity index (χ3v) is 2.47. The summed E-state index contributed by atoms with van der Waals surface area (Å²) in [5, 5.41) is 11.6. The zero-order valence-corrected chi connectivity index (χ0v) is 11.5. The average Bonchev–Trinajstić information content (AvgIpc) is 2.22. The van der Waals surface area contributed by atoms with Gasteiger partial charge in [-0.05, 0) is 13.3 Å². The van der Waals surface area contributed by atoms with Crippen LogP contribution in [-0.4, -0.2) is 48.1 Å². The van der Waals surface area contributed by atoms with Gasteiger partial charge in [-0.15, -0.1) is 0 Å². The lowest BCUT2D eigenvalue weighted by atomic mass is 10.1. The zero-order chi connectivity index (χ0) is 14.1. The maximum atomic E-state index is 10.8. The molecule has 0 radical (unpaired) electrons. The molecule has 5 nitrogen and oxygen atoms in total. The Morgan fingerprint density at radius 2 is 2.00 bits per heavy atom. The molecule has 104 valence electrons. The maximum Gasteiger partial charge on any atom is 0.307 e. The van der Waals surface area contributed by atoms with Gasteiger partial charge in [0.1, 0.15) is 0 Å².